The Kier molecular flexibility index (Phi) is 4.07. The molecule has 7 nitrogen and oxygen atoms in total. The van der Waals surface area contributed by atoms with E-state index in [2.05, 4.69) is 9.56 Å². The Hall–Kier alpha value is -1.48. The highest BCUT2D eigenvalue weighted by Crippen LogP contribution is 2.29. The topological polar surface area (TPSA) is 102 Å². The Morgan fingerprint density at radius 2 is 2.10 bits per heavy atom. The summed E-state index contributed by atoms with van der Waals surface area (Å²) in [7, 11) is -2.04. The molecule has 2 rings (SSSR count). The molecule has 1 heterocycles. The second kappa shape index (κ2) is 5.38. The third-order valence-electron chi connectivity index (χ3n) is 3.29. The maximum Gasteiger partial charge on any atom is 0.241 e. The van der Waals surface area contributed by atoms with Gasteiger partial charge in [-0.05, 0) is 37.6 Å². The van der Waals surface area contributed by atoms with E-state index in [9.17, 15) is 13.2 Å². The van der Waals surface area contributed by atoms with Crippen LogP contribution in [0.25, 0.3) is 0 Å². The molecule has 1 aliphatic heterocycles. The van der Waals surface area contributed by atoms with Gasteiger partial charge in [-0.15, -0.1) is 0 Å². The zero-order chi connectivity index (χ0) is 15.8. The maximum absolute atomic E-state index is 12.4. The Balaban J connectivity index is 2.31. The fraction of sp³-hybridized carbons (Fsp3) is 0.462. The van der Waals surface area contributed by atoms with Crippen LogP contribution in [-0.4, -0.2) is 33.5 Å². The van der Waals surface area contributed by atoms with E-state index in [1.807, 2.05) is 0 Å². The first-order valence-electron chi connectivity index (χ1n) is 6.41. The second-order valence-electron chi connectivity index (χ2n) is 5.72. The van der Waals surface area contributed by atoms with Gasteiger partial charge in [0, 0.05) is 12.7 Å². The number of carbonyl (C=O) groups excluding carboxylic acids is 1. The SMILES string of the molecule is CN1C(=O)Cc2cc(S(=O)(=O)NC(C)(C)CON)ccc21. The zero-order valence-electron chi connectivity index (χ0n) is 12.2. The van der Waals surface area contributed by atoms with Gasteiger partial charge < -0.3 is 9.74 Å². The van der Waals surface area contributed by atoms with Gasteiger partial charge in [-0.2, -0.15) is 0 Å². The van der Waals surface area contributed by atoms with E-state index in [0.29, 0.717) is 5.56 Å². The molecule has 1 amide bonds. The molecule has 0 atom stereocenters. The van der Waals surface area contributed by atoms with Crippen LogP contribution in [0.15, 0.2) is 23.1 Å². The lowest BCUT2D eigenvalue weighted by Gasteiger charge is -2.24. The van der Waals surface area contributed by atoms with E-state index in [4.69, 9.17) is 5.90 Å². The highest BCUT2D eigenvalue weighted by molar-refractivity contribution is 7.89. The molecule has 0 bridgehead atoms. The van der Waals surface area contributed by atoms with Gasteiger partial charge in [-0.25, -0.2) is 19.0 Å². The minimum Gasteiger partial charge on any atom is -0.315 e. The largest absolute Gasteiger partial charge is 0.315 e. The normalized spacial score (nSPS) is 15.4. The van der Waals surface area contributed by atoms with Crippen LogP contribution in [0.5, 0.6) is 0 Å². The molecule has 1 aromatic carbocycles. The minimum atomic E-state index is -3.71. The van der Waals surface area contributed by atoms with Crippen LogP contribution in [0.1, 0.15) is 19.4 Å². The van der Waals surface area contributed by atoms with Crippen molar-refractivity contribution in [2.75, 3.05) is 18.6 Å². The number of sulfonamides is 1. The first-order valence-corrected chi connectivity index (χ1v) is 7.90. The zero-order valence-corrected chi connectivity index (χ0v) is 13.0. The summed E-state index contributed by atoms with van der Waals surface area (Å²) in [6.07, 6.45) is 0.213. The smallest absolute Gasteiger partial charge is 0.241 e. The predicted octanol–water partition coefficient (Wildman–Crippen LogP) is 0.153. The summed E-state index contributed by atoms with van der Waals surface area (Å²) in [6.45, 7) is 3.38. The number of benzene rings is 1. The van der Waals surface area contributed by atoms with Crippen molar-refractivity contribution in [3.63, 3.8) is 0 Å². The summed E-state index contributed by atoms with van der Waals surface area (Å²) in [5.41, 5.74) is 0.612. The van der Waals surface area contributed by atoms with Crippen LogP contribution in [-0.2, 0) is 26.1 Å². The Morgan fingerprint density at radius 1 is 1.43 bits per heavy atom. The fourth-order valence-electron chi connectivity index (χ4n) is 2.27. The Morgan fingerprint density at radius 3 is 2.71 bits per heavy atom. The van der Waals surface area contributed by atoms with E-state index >= 15 is 0 Å². The van der Waals surface area contributed by atoms with Gasteiger partial charge in [0.15, 0.2) is 0 Å². The van der Waals surface area contributed by atoms with Crippen molar-refractivity contribution in [3.05, 3.63) is 23.8 Å². The van der Waals surface area contributed by atoms with Gasteiger partial charge >= 0.3 is 0 Å². The van der Waals surface area contributed by atoms with Crippen molar-refractivity contribution in [3.8, 4) is 0 Å². The predicted molar refractivity (Wildman–Crippen MR) is 78.1 cm³/mol. The number of carbonyl (C=O) groups is 1. The van der Waals surface area contributed by atoms with Crippen molar-refractivity contribution in [2.45, 2.75) is 30.7 Å². The standard InChI is InChI=1S/C13H19N3O4S/c1-13(2,8-20-14)15-21(18,19)10-4-5-11-9(6-10)7-12(17)16(11)3/h4-6,15H,7-8,14H2,1-3H3. The van der Waals surface area contributed by atoms with Gasteiger partial charge in [0.1, 0.15) is 0 Å². The number of rotatable bonds is 5. The number of anilines is 1. The number of amides is 1. The second-order valence-corrected chi connectivity index (χ2v) is 7.40. The van der Waals surface area contributed by atoms with E-state index in [-0.39, 0.29) is 23.8 Å². The van der Waals surface area contributed by atoms with Crippen molar-refractivity contribution in [1.82, 2.24) is 4.72 Å². The third-order valence-corrected chi connectivity index (χ3v) is 4.99. The highest BCUT2D eigenvalue weighted by atomic mass is 32.2. The van der Waals surface area contributed by atoms with Crippen molar-refractivity contribution in [1.29, 1.82) is 0 Å². The Labute approximate surface area is 124 Å². The van der Waals surface area contributed by atoms with Gasteiger partial charge in [-0.3, -0.25) is 4.79 Å². The number of nitrogens with zero attached hydrogens (tertiary/aromatic N) is 1. The monoisotopic (exact) mass is 313 g/mol. The van der Waals surface area contributed by atoms with Gasteiger partial charge in [0.25, 0.3) is 0 Å². The van der Waals surface area contributed by atoms with E-state index in [1.54, 1.807) is 27.0 Å². The minimum absolute atomic E-state index is 0.0401. The lowest BCUT2D eigenvalue weighted by atomic mass is 10.1. The van der Waals surface area contributed by atoms with Crippen LogP contribution >= 0.6 is 0 Å². The summed E-state index contributed by atoms with van der Waals surface area (Å²) < 4.78 is 27.3. The lowest BCUT2D eigenvalue weighted by Crippen LogP contribution is -2.47. The molecule has 0 unspecified atom stereocenters. The van der Waals surface area contributed by atoms with Crippen LogP contribution in [0.4, 0.5) is 5.69 Å². The van der Waals surface area contributed by atoms with Gasteiger partial charge in [0.05, 0.1) is 23.5 Å². The van der Waals surface area contributed by atoms with Crippen molar-refractivity contribution < 1.29 is 18.0 Å². The molecule has 0 radical (unpaired) electrons. The molecular formula is C13H19N3O4S. The van der Waals surface area contributed by atoms with E-state index in [1.165, 1.54) is 17.0 Å². The first-order chi connectivity index (χ1) is 9.66. The van der Waals surface area contributed by atoms with E-state index < -0.39 is 15.6 Å². The van der Waals surface area contributed by atoms with Crippen molar-refractivity contribution >= 4 is 21.6 Å². The number of nitrogens with two attached hydrogens (primary N) is 1. The highest BCUT2D eigenvalue weighted by Gasteiger charge is 2.29. The molecule has 0 saturated heterocycles. The molecule has 0 spiro atoms. The summed E-state index contributed by atoms with van der Waals surface area (Å²) in [5, 5.41) is 0. The first kappa shape index (κ1) is 15.9. The Bertz CT molecular complexity index is 670. The number of hydrogen-bond acceptors (Lipinski definition) is 5. The molecule has 0 aromatic heterocycles. The number of hydrogen-bond donors (Lipinski definition) is 2. The van der Waals surface area contributed by atoms with Crippen LogP contribution in [0.3, 0.4) is 0 Å². The molecule has 8 heteroatoms. The molecule has 0 saturated carbocycles. The fourth-order valence-corrected chi connectivity index (χ4v) is 3.72. The van der Waals surface area contributed by atoms with Crippen LogP contribution in [0.2, 0.25) is 0 Å². The van der Waals surface area contributed by atoms with E-state index in [0.717, 1.165) is 5.69 Å². The van der Waals surface area contributed by atoms with Crippen LogP contribution < -0.4 is 15.5 Å². The molecular weight excluding hydrogens is 294 g/mol. The summed E-state index contributed by atoms with van der Waals surface area (Å²) >= 11 is 0. The summed E-state index contributed by atoms with van der Waals surface area (Å²) in [5.74, 6) is 4.95. The molecule has 0 aliphatic carbocycles. The van der Waals surface area contributed by atoms with Crippen molar-refractivity contribution in [2.24, 2.45) is 5.90 Å². The number of nitrogens with one attached hydrogen (secondary N) is 1. The summed E-state index contributed by atoms with van der Waals surface area (Å²) in [6, 6.07) is 4.65. The molecule has 116 valence electrons. The lowest BCUT2D eigenvalue weighted by molar-refractivity contribution is -0.117. The number of likely N-dealkylation sites (N-methyl/N-ethyl adjacent to an activating group) is 1. The van der Waals surface area contributed by atoms with Crippen LogP contribution in [0, 0.1) is 0 Å². The molecule has 21 heavy (non-hydrogen) atoms. The quantitative estimate of drug-likeness (QED) is 0.754. The molecule has 1 aliphatic rings. The van der Waals surface area contributed by atoms with Gasteiger partial charge in [-0.1, -0.05) is 0 Å². The average molecular weight is 313 g/mol. The molecule has 0 fully saturated rings. The van der Waals surface area contributed by atoms with Gasteiger partial charge in [0.2, 0.25) is 15.9 Å². The maximum atomic E-state index is 12.4. The average Bonchev–Trinajstić information content (AvgIpc) is 2.63. The number of fused-ring (bicyclic) bond motifs is 1. The summed E-state index contributed by atoms with van der Waals surface area (Å²) in [4.78, 5) is 17.8. The molecule has 1 aromatic rings. The third kappa shape index (κ3) is 3.24. The molecule has 3 N–H and O–H groups in total.